The van der Waals surface area contributed by atoms with E-state index in [1.165, 1.54) is 18.5 Å². The summed E-state index contributed by atoms with van der Waals surface area (Å²) in [5.74, 6) is -0.799. The van der Waals surface area contributed by atoms with Crippen LogP contribution in [0.4, 0.5) is 0 Å². The molecule has 3 heteroatoms. The number of hydrogen-bond acceptors (Lipinski definition) is 3. The molecule has 0 bridgehead atoms. The third-order valence-electron chi connectivity index (χ3n) is 0.837. The van der Waals surface area contributed by atoms with Crippen molar-refractivity contribution >= 4 is 5.97 Å². The van der Waals surface area contributed by atoms with Gasteiger partial charge in [0.25, 0.3) is 1.43 Å². The van der Waals surface area contributed by atoms with Crippen molar-refractivity contribution in [3.8, 4) is 0 Å². The molecule has 0 radical (unpaired) electrons. The Bertz CT molecular complexity index is 277. The highest BCUT2D eigenvalue weighted by atomic mass is 16.4. The molecule has 0 aromatic carbocycles. The molecular weight excluding hydrogens is 118 g/mol. The number of hydrogen-bond donors (Lipinski definition) is 1. The summed E-state index contributed by atoms with van der Waals surface area (Å²) in [6.07, 6.45) is 2.54. The molecule has 1 heterocycles. The molecular formula is C6H5NO2. The monoisotopic (exact) mass is 125 g/mol. The van der Waals surface area contributed by atoms with Gasteiger partial charge in [-0.15, -0.1) is 0 Å². The van der Waals surface area contributed by atoms with Gasteiger partial charge in [-0.1, -0.05) is 0 Å². The van der Waals surface area contributed by atoms with Gasteiger partial charge in [-0.25, -0.2) is 4.79 Å². The number of aromatic carboxylic acids is 1. The van der Waals surface area contributed by atoms with Crippen LogP contribution in [-0.2, 0) is 0 Å². The van der Waals surface area contributed by atoms with E-state index in [2.05, 4.69) is 10.1 Å². The fourth-order valence-electron chi connectivity index (χ4n) is 0.437. The van der Waals surface area contributed by atoms with E-state index < -0.39 is 5.97 Å². The first-order valence-corrected chi connectivity index (χ1v) is 2.33. The van der Waals surface area contributed by atoms with Gasteiger partial charge < -0.3 is 5.11 Å². The highest BCUT2D eigenvalue weighted by Gasteiger charge is 1.97. The van der Waals surface area contributed by atoms with Crippen molar-refractivity contribution in [3.05, 3.63) is 30.1 Å². The summed E-state index contributed by atoms with van der Waals surface area (Å²) in [5.41, 5.74) is 0.118. The quantitative estimate of drug-likeness (QED) is 0.603. The van der Waals surface area contributed by atoms with E-state index in [1.54, 1.807) is 0 Å². The van der Waals surface area contributed by atoms with E-state index in [1.807, 2.05) is 0 Å². The highest BCUT2D eigenvalue weighted by Crippen LogP contribution is 1.92. The van der Waals surface area contributed by atoms with Gasteiger partial charge in [-0.2, -0.15) is 0 Å². The minimum absolute atomic E-state index is 0.118. The zero-order valence-corrected chi connectivity index (χ0v) is 4.50. The summed E-state index contributed by atoms with van der Waals surface area (Å²) >= 11 is 0. The second kappa shape index (κ2) is 2.26. The minimum Gasteiger partial charge on any atom is -0.478 e. The van der Waals surface area contributed by atoms with Gasteiger partial charge in [0, 0.05) is 12.4 Å². The summed E-state index contributed by atoms with van der Waals surface area (Å²) in [6.45, 7) is 0. The lowest BCUT2D eigenvalue weighted by molar-refractivity contribution is 0.0696. The second-order valence-corrected chi connectivity index (χ2v) is 1.46. The molecule has 9 heavy (non-hydrogen) atoms. The van der Waals surface area contributed by atoms with Gasteiger partial charge in [0.05, 0.1) is 6.93 Å². The molecule has 0 saturated heterocycles. The molecule has 1 aromatic heterocycles. The minimum atomic E-state index is -0.799. The first-order chi connectivity index (χ1) is 5.24. The van der Waals surface area contributed by atoms with Crippen molar-refractivity contribution in [2.45, 2.75) is 0 Å². The third-order valence-corrected chi connectivity index (χ3v) is 0.837. The molecule has 0 amide bonds. The van der Waals surface area contributed by atoms with Crippen LogP contribution in [0.5, 0.6) is 0 Å². The Labute approximate surface area is 54.9 Å². The molecule has 46 valence electrons. The Morgan fingerprint density at radius 1 is 2.00 bits per heavy atom. The Balaban J connectivity index is 2.96. The summed E-state index contributed by atoms with van der Waals surface area (Å²) < 4.78 is 13.4. The molecule has 0 unspecified atom stereocenters. The van der Waals surface area contributed by atoms with Gasteiger partial charge in [0.2, 0.25) is 0 Å². The maximum atomic E-state index is 10.6. The van der Waals surface area contributed by atoms with E-state index in [4.69, 9.17) is 2.80 Å². The topological polar surface area (TPSA) is 50.2 Å². The van der Waals surface area contributed by atoms with Crippen LogP contribution in [0.2, 0.25) is 0 Å². The smallest absolute Gasteiger partial charge is 0.337 e. The van der Waals surface area contributed by atoms with Gasteiger partial charge in [0.15, 0.2) is 0 Å². The number of rotatable bonds is 1. The Kier molecular flexibility index (Phi) is 0.906. The van der Waals surface area contributed by atoms with E-state index in [9.17, 15) is 4.79 Å². The zero-order chi connectivity index (χ0) is 8.27. The average Bonchev–Trinajstić information content (AvgIpc) is 2.03. The summed E-state index contributed by atoms with van der Waals surface area (Å²) in [4.78, 5) is 14.2. The first-order valence-electron chi connectivity index (χ1n) is 3.24. The Hall–Kier alpha value is -1.38. The molecule has 1 N–H and O–H groups in total. The Morgan fingerprint density at radius 3 is 3.56 bits per heavy atom. The second-order valence-electron chi connectivity index (χ2n) is 1.46. The summed E-state index contributed by atoms with van der Waals surface area (Å²) in [5, 5.41) is 3.68. The van der Waals surface area contributed by atoms with E-state index in [0.29, 0.717) is 0 Å². The fourth-order valence-corrected chi connectivity index (χ4v) is 0.437. The van der Waals surface area contributed by atoms with E-state index in [0.717, 1.165) is 0 Å². The molecule has 1 aromatic rings. The van der Waals surface area contributed by atoms with Gasteiger partial charge in [-0.05, 0) is 12.1 Å². The highest BCUT2D eigenvalue weighted by molar-refractivity contribution is 5.86. The zero-order valence-electron chi connectivity index (χ0n) is 6.50. The van der Waals surface area contributed by atoms with Crippen LogP contribution >= 0.6 is 0 Å². The molecule has 0 spiro atoms. The van der Waals surface area contributed by atoms with E-state index >= 15 is 0 Å². The molecule has 0 aliphatic heterocycles. The lowest BCUT2D eigenvalue weighted by atomic mass is 10.3. The number of aromatic nitrogens is 1. The van der Waals surface area contributed by atoms with Crippen LogP contribution in [-0.4, -0.2) is 16.1 Å². The molecule has 0 saturated carbocycles. The van der Waals surface area contributed by atoms with Crippen molar-refractivity contribution in [2.75, 3.05) is 0 Å². The number of carboxylic acids is 1. The van der Waals surface area contributed by atoms with Crippen molar-refractivity contribution < 1.29 is 11.3 Å². The van der Waals surface area contributed by atoms with Crippen molar-refractivity contribution in [1.82, 2.24) is 4.98 Å². The molecule has 1 rings (SSSR count). The molecule has 3 nitrogen and oxygen atoms in total. The van der Waals surface area contributed by atoms with Crippen molar-refractivity contribution in [1.29, 1.82) is 1.43 Å². The maximum Gasteiger partial charge on any atom is 0.337 e. The molecule has 0 aliphatic rings. The normalized spacial score (nSPS) is 11.6. The average molecular weight is 125 g/mol. The van der Waals surface area contributed by atoms with Crippen LogP contribution in [0.25, 0.3) is 1.43 Å². The van der Waals surface area contributed by atoms with Crippen LogP contribution in [0.15, 0.2) is 24.5 Å². The number of pyridine rings is 1. The predicted molar refractivity (Wildman–Crippen MR) is 31.2 cm³/mol. The first kappa shape index (κ1) is 3.61. The fraction of sp³-hybridized carbons (Fsp3) is 0. The number of nitrogens with zero attached hydrogens (tertiary/aromatic N) is 1. The lowest BCUT2D eigenvalue weighted by Crippen LogP contribution is -1.94. The third kappa shape index (κ3) is 1.25. The largest absolute Gasteiger partial charge is 0.478 e. The predicted octanol–water partition coefficient (Wildman–Crippen LogP) is 0.780. The van der Waals surface area contributed by atoms with Crippen molar-refractivity contribution in [2.24, 2.45) is 0 Å². The molecule has 0 fully saturated rings. The van der Waals surface area contributed by atoms with Gasteiger partial charge in [0.1, 0.15) is 0 Å². The van der Waals surface area contributed by atoms with Crippen LogP contribution in [0.3, 0.4) is 0 Å². The number of carbonyl (C=O) groups is 1. The van der Waals surface area contributed by atoms with E-state index in [-0.39, 0.29) is 11.6 Å². The lowest BCUT2D eigenvalue weighted by Gasteiger charge is -1.87. The standard InChI is InChI=1S/C6H5NO2/c8-6(9)5-2-1-3-7-4-5/h1-4H,(H,8,9)/i1D/hD. The Morgan fingerprint density at radius 2 is 2.89 bits per heavy atom. The summed E-state index contributed by atoms with van der Waals surface area (Å²) in [6, 6.07) is 1.40. The number of carboxylic acid groups (broad SMARTS) is 1. The van der Waals surface area contributed by atoms with Gasteiger partial charge in [-0.3, -0.25) is 4.98 Å². The SMILES string of the molecule is [2H]OC(=O)c1cncc([2H])c1. The van der Waals surface area contributed by atoms with Crippen LogP contribution < -0.4 is 0 Å². The maximum absolute atomic E-state index is 10.6. The van der Waals surface area contributed by atoms with Crippen LogP contribution in [0, 0.1) is 0 Å². The van der Waals surface area contributed by atoms with Crippen LogP contribution in [0.1, 0.15) is 11.7 Å². The molecule has 0 aliphatic carbocycles. The molecule has 0 atom stereocenters. The van der Waals surface area contributed by atoms with Crippen molar-refractivity contribution in [3.63, 3.8) is 0 Å². The summed E-state index contributed by atoms with van der Waals surface area (Å²) in [7, 11) is 0. The van der Waals surface area contributed by atoms with Gasteiger partial charge >= 0.3 is 5.97 Å².